The summed E-state index contributed by atoms with van der Waals surface area (Å²) in [5.41, 5.74) is 1.26. The number of nitrogens with one attached hydrogen (secondary N) is 1. The fraction of sp³-hybridized carbons (Fsp3) is 0.571. The van der Waals surface area contributed by atoms with Gasteiger partial charge in [-0.15, -0.1) is 0 Å². The lowest BCUT2D eigenvalue weighted by atomic mass is 10.1. The topological polar surface area (TPSA) is 41.5 Å². The van der Waals surface area contributed by atoms with Gasteiger partial charge in [0.2, 0.25) is 0 Å². The normalized spacial score (nSPS) is 16.4. The molecule has 0 bridgehead atoms. The van der Waals surface area contributed by atoms with Gasteiger partial charge in [-0.25, -0.2) is 0 Å². The van der Waals surface area contributed by atoms with E-state index < -0.39 is 0 Å². The smallest absolute Gasteiger partial charge is 0.138 e. The molecule has 0 spiro atoms. The Morgan fingerprint density at radius 1 is 1.37 bits per heavy atom. The maximum Gasteiger partial charge on any atom is 0.138 e. The van der Waals surface area contributed by atoms with Crippen LogP contribution in [-0.2, 0) is 6.54 Å². The van der Waals surface area contributed by atoms with Crippen molar-refractivity contribution in [1.82, 2.24) is 5.32 Å². The molecule has 1 aliphatic carbocycles. The summed E-state index contributed by atoms with van der Waals surface area (Å²) in [5, 5.41) is 12.7. The molecule has 5 heteroatoms. The third-order valence-electron chi connectivity index (χ3n) is 3.48. The zero-order valence-corrected chi connectivity index (χ0v) is 14.2. The van der Waals surface area contributed by atoms with Crippen molar-refractivity contribution >= 4 is 31.9 Å². The first-order chi connectivity index (χ1) is 9.10. The molecule has 1 aromatic carbocycles. The number of rotatable bonds is 7. The van der Waals surface area contributed by atoms with E-state index in [1.54, 1.807) is 0 Å². The summed E-state index contributed by atoms with van der Waals surface area (Å²) in [6, 6.07) is 4.06. The molecular formula is C14H19Br2NO2. The van der Waals surface area contributed by atoms with E-state index in [1.165, 1.54) is 0 Å². The number of hydrogen-bond donors (Lipinski definition) is 2. The second-order valence-corrected chi connectivity index (χ2v) is 6.84. The van der Waals surface area contributed by atoms with Gasteiger partial charge in [0.05, 0.1) is 11.1 Å². The Hall–Kier alpha value is -0.100. The van der Waals surface area contributed by atoms with E-state index >= 15 is 0 Å². The SMILES string of the molecule is CCOc1c(Br)cc(Br)cc1CNCC1(CO)CC1. The van der Waals surface area contributed by atoms with E-state index in [0.29, 0.717) is 6.61 Å². The predicted molar refractivity (Wildman–Crippen MR) is 83.5 cm³/mol. The molecular weight excluding hydrogens is 374 g/mol. The molecule has 1 fully saturated rings. The molecule has 3 nitrogen and oxygen atoms in total. The molecule has 1 aliphatic rings. The standard InChI is InChI=1S/C14H19Br2NO2/c1-2-19-13-10(5-11(15)6-12(13)16)7-17-8-14(9-18)3-4-14/h5-6,17-18H,2-4,7-9H2,1H3. The molecule has 2 N–H and O–H groups in total. The lowest BCUT2D eigenvalue weighted by molar-refractivity contribution is 0.207. The molecule has 0 aliphatic heterocycles. The third-order valence-corrected chi connectivity index (χ3v) is 4.53. The Balaban J connectivity index is 2.01. The van der Waals surface area contributed by atoms with E-state index in [1.807, 2.05) is 13.0 Å². The summed E-state index contributed by atoms with van der Waals surface area (Å²) in [5.74, 6) is 0.895. The average molecular weight is 393 g/mol. The summed E-state index contributed by atoms with van der Waals surface area (Å²) in [4.78, 5) is 0. The molecule has 0 aromatic heterocycles. The molecule has 1 aromatic rings. The Labute approximate surface area is 131 Å². The second kappa shape index (κ2) is 6.57. The van der Waals surface area contributed by atoms with Gasteiger partial charge in [-0.05, 0) is 47.8 Å². The van der Waals surface area contributed by atoms with Crippen molar-refractivity contribution in [3.05, 3.63) is 26.6 Å². The van der Waals surface area contributed by atoms with Gasteiger partial charge in [-0.2, -0.15) is 0 Å². The van der Waals surface area contributed by atoms with Crippen LogP contribution in [0, 0.1) is 5.41 Å². The molecule has 1 saturated carbocycles. The third kappa shape index (κ3) is 3.94. The highest BCUT2D eigenvalue weighted by Crippen LogP contribution is 2.44. The Morgan fingerprint density at radius 3 is 2.68 bits per heavy atom. The first-order valence-corrected chi connectivity index (χ1v) is 8.11. The first-order valence-electron chi connectivity index (χ1n) is 6.52. The highest BCUT2D eigenvalue weighted by atomic mass is 79.9. The first kappa shape index (κ1) is 15.3. The lowest BCUT2D eigenvalue weighted by Gasteiger charge is -2.16. The number of hydrogen-bond acceptors (Lipinski definition) is 3. The molecule has 0 radical (unpaired) electrons. The van der Waals surface area contributed by atoms with Gasteiger partial charge in [-0.1, -0.05) is 15.9 Å². The predicted octanol–water partition coefficient (Wildman–Crippen LogP) is 3.47. The van der Waals surface area contributed by atoms with Crippen LogP contribution in [0.1, 0.15) is 25.3 Å². The minimum Gasteiger partial charge on any atom is -0.492 e. The Bertz CT molecular complexity index is 447. The van der Waals surface area contributed by atoms with Crippen LogP contribution in [0.3, 0.4) is 0 Å². The van der Waals surface area contributed by atoms with Gasteiger partial charge in [0.15, 0.2) is 0 Å². The summed E-state index contributed by atoms with van der Waals surface area (Å²) >= 11 is 7.04. The van der Waals surface area contributed by atoms with Crippen molar-refractivity contribution in [2.75, 3.05) is 19.8 Å². The monoisotopic (exact) mass is 391 g/mol. The van der Waals surface area contributed by atoms with Crippen LogP contribution in [0.4, 0.5) is 0 Å². The maximum absolute atomic E-state index is 9.30. The van der Waals surface area contributed by atoms with E-state index in [2.05, 4.69) is 43.2 Å². The zero-order valence-electron chi connectivity index (χ0n) is 11.0. The van der Waals surface area contributed by atoms with Crippen molar-refractivity contribution in [3.63, 3.8) is 0 Å². The maximum atomic E-state index is 9.30. The van der Waals surface area contributed by atoms with Crippen LogP contribution < -0.4 is 10.1 Å². The van der Waals surface area contributed by atoms with Gasteiger partial charge >= 0.3 is 0 Å². The number of aliphatic hydroxyl groups excluding tert-OH is 1. The fourth-order valence-electron chi connectivity index (χ4n) is 2.08. The van der Waals surface area contributed by atoms with E-state index in [-0.39, 0.29) is 12.0 Å². The quantitative estimate of drug-likeness (QED) is 0.746. The summed E-state index contributed by atoms with van der Waals surface area (Å²) in [6.45, 7) is 4.51. The van der Waals surface area contributed by atoms with Crippen molar-refractivity contribution in [1.29, 1.82) is 0 Å². The highest BCUT2D eigenvalue weighted by molar-refractivity contribution is 9.11. The number of benzene rings is 1. The average Bonchev–Trinajstić information content (AvgIpc) is 3.14. The molecule has 19 heavy (non-hydrogen) atoms. The minimum absolute atomic E-state index is 0.134. The van der Waals surface area contributed by atoms with Gasteiger partial charge in [0.25, 0.3) is 0 Å². The van der Waals surface area contributed by atoms with Crippen molar-refractivity contribution in [3.8, 4) is 5.75 Å². The summed E-state index contributed by atoms with van der Waals surface area (Å²) in [6.07, 6.45) is 2.24. The molecule has 0 saturated heterocycles. The van der Waals surface area contributed by atoms with Gasteiger partial charge in [0.1, 0.15) is 5.75 Å². The molecule has 0 heterocycles. The number of aliphatic hydroxyl groups is 1. The zero-order chi connectivity index (χ0) is 13.9. The number of ether oxygens (including phenoxy) is 1. The van der Waals surface area contributed by atoms with Crippen LogP contribution in [0.25, 0.3) is 0 Å². The van der Waals surface area contributed by atoms with Crippen LogP contribution in [-0.4, -0.2) is 24.9 Å². The van der Waals surface area contributed by atoms with Crippen LogP contribution in [0.5, 0.6) is 5.75 Å². The molecule has 0 unspecified atom stereocenters. The van der Waals surface area contributed by atoms with Crippen LogP contribution >= 0.6 is 31.9 Å². The van der Waals surface area contributed by atoms with Crippen LogP contribution in [0.2, 0.25) is 0 Å². The van der Waals surface area contributed by atoms with E-state index in [9.17, 15) is 5.11 Å². The molecule has 2 rings (SSSR count). The van der Waals surface area contributed by atoms with Gasteiger partial charge < -0.3 is 15.2 Å². The van der Waals surface area contributed by atoms with E-state index in [4.69, 9.17) is 4.74 Å². The highest BCUT2D eigenvalue weighted by Gasteiger charge is 2.41. The lowest BCUT2D eigenvalue weighted by Crippen LogP contribution is -2.26. The van der Waals surface area contributed by atoms with Crippen molar-refractivity contribution < 1.29 is 9.84 Å². The molecule has 106 valence electrons. The summed E-state index contributed by atoms with van der Waals surface area (Å²) < 4.78 is 7.68. The largest absolute Gasteiger partial charge is 0.492 e. The molecule has 0 atom stereocenters. The van der Waals surface area contributed by atoms with E-state index in [0.717, 1.165) is 46.2 Å². The molecule has 0 amide bonds. The second-order valence-electron chi connectivity index (χ2n) is 5.07. The van der Waals surface area contributed by atoms with Gasteiger partial charge in [0, 0.05) is 35.1 Å². The number of halogens is 2. The van der Waals surface area contributed by atoms with Crippen molar-refractivity contribution in [2.45, 2.75) is 26.3 Å². The summed E-state index contributed by atoms with van der Waals surface area (Å²) in [7, 11) is 0. The van der Waals surface area contributed by atoms with Crippen molar-refractivity contribution in [2.24, 2.45) is 5.41 Å². The minimum atomic E-state index is 0.134. The van der Waals surface area contributed by atoms with Gasteiger partial charge in [-0.3, -0.25) is 0 Å². The Kier molecular flexibility index (Phi) is 5.29. The fourth-order valence-corrected chi connectivity index (χ4v) is 3.51. The Morgan fingerprint density at radius 2 is 2.11 bits per heavy atom. The van der Waals surface area contributed by atoms with Crippen LogP contribution in [0.15, 0.2) is 21.1 Å².